The number of nitrogens with one attached hydrogen (secondary N) is 1. The summed E-state index contributed by atoms with van der Waals surface area (Å²) in [6.07, 6.45) is 0. The monoisotopic (exact) mass is 478 g/mol. The Morgan fingerprint density at radius 1 is 1.19 bits per heavy atom. The van der Waals surface area contributed by atoms with Crippen LogP contribution in [0.4, 0.5) is 9.52 Å². The number of fused-ring (bicyclic) bond motifs is 1. The number of hydrogen-bond donors (Lipinski definition) is 1. The third kappa shape index (κ3) is 4.90. The minimum absolute atomic E-state index is 0.119. The van der Waals surface area contributed by atoms with Gasteiger partial charge in [0, 0.05) is 26.2 Å². The lowest BCUT2D eigenvalue weighted by molar-refractivity contribution is -0.117. The molecule has 0 bridgehead atoms. The Morgan fingerprint density at radius 3 is 2.66 bits per heavy atom. The number of anilines is 1. The summed E-state index contributed by atoms with van der Waals surface area (Å²) in [6.45, 7) is 3.72. The average molecular weight is 479 g/mol. The van der Waals surface area contributed by atoms with Gasteiger partial charge in [-0.15, -0.1) is 0 Å². The van der Waals surface area contributed by atoms with E-state index in [9.17, 15) is 17.6 Å². The maximum Gasteiger partial charge on any atom is 0.246 e. The number of carbonyl (C=O) groups excluding carboxylic acids is 1. The first-order valence-electron chi connectivity index (χ1n) is 10.2. The molecule has 1 aliphatic rings. The standard InChI is InChI=1S/C21H23FN4O4S2/c1-2-30-15-7-8-17-18(13-15)31-21(23-17)24-20(27)14-25-9-11-26(12-10-25)32(28,29)19-6-4-3-5-16(19)22/h3-8,13H,2,9-12,14H2,1H3,(H,23,24,27). The first-order valence-corrected chi connectivity index (χ1v) is 12.4. The summed E-state index contributed by atoms with van der Waals surface area (Å²) in [6, 6.07) is 10.9. The lowest BCUT2D eigenvalue weighted by Crippen LogP contribution is -2.50. The van der Waals surface area contributed by atoms with Gasteiger partial charge in [0.05, 0.1) is 23.4 Å². The smallest absolute Gasteiger partial charge is 0.246 e. The van der Waals surface area contributed by atoms with Crippen LogP contribution in [0.1, 0.15) is 6.92 Å². The highest BCUT2D eigenvalue weighted by molar-refractivity contribution is 7.89. The van der Waals surface area contributed by atoms with Crippen molar-refractivity contribution in [3.63, 3.8) is 0 Å². The van der Waals surface area contributed by atoms with Gasteiger partial charge in [0.1, 0.15) is 16.5 Å². The van der Waals surface area contributed by atoms with Crippen molar-refractivity contribution in [2.24, 2.45) is 0 Å². The molecule has 0 saturated carbocycles. The van der Waals surface area contributed by atoms with Crippen LogP contribution in [0.15, 0.2) is 47.4 Å². The number of piperazine rings is 1. The zero-order valence-electron chi connectivity index (χ0n) is 17.5. The number of nitrogens with zero attached hydrogens (tertiary/aromatic N) is 3. The lowest BCUT2D eigenvalue weighted by atomic mass is 10.3. The zero-order valence-corrected chi connectivity index (χ0v) is 19.1. The Bertz CT molecular complexity index is 1220. The predicted octanol–water partition coefficient (Wildman–Crippen LogP) is 2.78. The number of hydrogen-bond acceptors (Lipinski definition) is 7. The van der Waals surface area contributed by atoms with Gasteiger partial charge >= 0.3 is 0 Å². The van der Waals surface area contributed by atoms with E-state index in [0.29, 0.717) is 24.8 Å². The predicted molar refractivity (Wildman–Crippen MR) is 121 cm³/mol. The van der Waals surface area contributed by atoms with Crippen molar-refractivity contribution in [3.05, 3.63) is 48.3 Å². The minimum atomic E-state index is -3.90. The highest BCUT2D eigenvalue weighted by atomic mass is 32.2. The highest BCUT2D eigenvalue weighted by Crippen LogP contribution is 2.29. The quantitative estimate of drug-likeness (QED) is 0.562. The number of ether oxygens (including phenoxy) is 1. The minimum Gasteiger partial charge on any atom is -0.494 e. The van der Waals surface area contributed by atoms with Crippen molar-refractivity contribution in [1.82, 2.24) is 14.2 Å². The molecule has 1 fully saturated rings. The Kier molecular flexibility index (Phi) is 6.70. The third-order valence-electron chi connectivity index (χ3n) is 5.07. The largest absolute Gasteiger partial charge is 0.494 e. The molecule has 1 aliphatic heterocycles. The number of rotatable bonds is 7. The van der Waals surface area contributed by atoms with Crippen LogP contribution in [0, 0.1) is 5.82 Å². The SMILES string of the molecule is CCOc1ccc2nc(NC(=O)CN3CCN(S(=O)(=O)c4ccccc4F)CC3)sc2c1. The number of amides is 1. The summed E-state index contributed by atoms with van der Waals surface area (Å²) in [5, 5.41) is 3.31. The van der Waals surface area contributed by atoms with Crippen LogP contribution < -0.4 is 10.1 Å². The Balaban J connectivity index is 1.33. The van der Waals surface area contributed by atoms with Crippen LogP contribution in [0.2, 0.25) is 0 Å². The molecular formula is C21H23FN4O4S2. The van der Waals surface area contributed by atoms with Crippen LogP contribution in [0.25, 0.3) is 10.2 Å². The molecule has 32 heavy (non-hydrogen) atoms. The molecular weight excluding hydrogens is 455 g/mol. The van der Waals surface area contributed by atoms with Gasteiger partial charge in [0.25, 0.3) is 0 Å². The highest BCUT2D eigenvalue weighted by Gasteiger charge is 2.30. The topological polar surface area (TPSA) is 91.8 Å². The molecule has 0 radical (unpaired) electrons. The maximum atomic E-state index is 14.0. The molecule has 170 valence electrons. The Hall–Kier alpha value is -2.60. The summed E-state index contributed by atoms with van der Waals surface area (Å²) in [7, 11) is -3.90. The van der Waals surface area contributed by atoms with Gasteiger partial charge in [-0.1, -0.05) is 23.5 Å². The van der Waals surface area contributed by atoms with Crippen molar-refractivity contribution >= 4 is 42.6 Å². The van der Waals surface area contributed by atoms with E-state index in [1.54, 1.807) is 0 Å². The molecule has 1 saturated heterocycles. The summed E-state index contributed by atoms with van der Waals surface area (Å²) < 4.78 is 47.0. The van der Waals surface area contributed by atoms with Gasteiger partial charge < -0.3 is 10.1 Å². The van der Waals surface area contributed by atoms with Crippen molar-refractivity contribution in [2.45, 2.75) is 11.8 Å². The molecule has 1 aromatic heterocycles. The van der Waals surface area contributed by atoms with E-state index >= 15 is 0 Å². The van der Waals surface area contributed by atoms with Gasteiger partial charge in [-0.25, -0.2) is 17.8 Å². The van der Waals surface area contributed by atoms with E-state index in [1.807, 2.05) is 30.0 Å². The maximum absolute atomic E-state index is 14.0. The molecule has 3 aromatic rings. The van der Waals surface area contributed by atoms with E-state index < -0.39 is 15.8 Å². The second-order valence-electron chi connectivity index (χ2n) is 7.24. The molecule has 1 amide bonds. The number of sulfonamides is 1. The average Bonchev–Trinajstić information content (AvgIpc) is 3.16. The summed E-state index contributed by atoms with van der Waals surface area (Å²) in [5.41, 5.74) is 0.778. The summed E-state index contributed by atoms with van der Waals surface area (Å²) >= 11 is 1.37. The van der Waals surface area contributed by atoms with Crippen molar-refractivity contribution in [3.8, 4) is 5.75 Å². The number of thiazole rings is 1. The second-order valence-corrected chi connectivity index (χ2v) is 10.2. The van der Waals surface area contributed by atoms with Crippen molar-refractivity contribution < 1.29 is 22.3 Å². The Morgan fingerprint density at radius 2 is 1.94 bits per heavy atom. The molecule has 2 aromatic carbocycles. The Labute approximate surface area is 189 Å². The fourth-order valence-electron chi connectivity index (χ4n) is 3.50. The van der Waals surface area contributed by atoms with Gasteiger partial charge in [0.2, 0.25) is 15.9 Å². The fraction of sp³-hybridized carbons (Fsp3) is 0.333. The number of aromatic nitrogens is 1. The summed E-state index contributed by atoms with van der Waals surface area (Å²) in [4.78, 5) is 18.4. The second kappa shape index (κ2) is 9.49. The number of halogens is 1. The normalized spacial score (nSPS) is 15.7. The van der Waals surface area contributed by atoms with Gasteiger partial charge in [-0.05, 0) is 37.3 Å². The van der Waals surface area contributed by atoms with Gasteiger partial charge in [-0.3, -0.25) is 9.69 Å². The van der Waals surface area contributed by atoms with E-state index in [2.05, 4.69) is 10.3 Å². The van der Waals surface area contributed by atoms with Gasteiger partial charge in [0.15, 0.2) is 5.13 Å². The van der Waals surface area contributed by atoms with E-state index in [-0.39, 0.29) is 30.4 Å². The molecule has 0 atom stereocenters. The van der Waals surface area contributed by atoms with Crippen LogP contribution >= 0.6 is 11.3 Å². The molecule has 0 aliphatic carbocycles. The first-order chi connectivity index (χ1) is 15.4. The van der Waals surface area contributed by atoms with E-state index in [0.717, 1.165) is 22.0 Å². The molecule has 0 spiro atoms. The summed E-state index contributed by atoms with van der Waals surface area (Å²) in [5.74, 6) is -0.234. The van der Waals surface area contributed by atoms with E-state index in [1.165, 1.54) is 33.8 Å². The number of carbonyl (C=O) groups is 1. The lowest BCUT2D eigenvalue weighted by Gasteiger charge is -2.33. The molecule has 2 heterocycles. The van der Waals surface area contributed by atoms with Crippen molar-refractivity contribution in [2.75, 3.05) is 44.6 Å². The first kappa shape index (κ1) is 22.6. The van der Waals surface area contributed by atoms with E-state index in [4.69, 9.17) is 4.74 Å². The zero-order chi connectivity index (χ0) is 22.7. The van der Waals surface area contributed by atoms with Gasteiger partial charge in [-0.2, -0.15) is 4.31 Å². The molecule has 8 nitrogen and oxygen atoms in total. The third-order valence-corrected chi connectivity index (χ3v) is 7.94. The molecule has 4 rings (SSSR count). The number of benzene rings is 2. The van der Waals surface area contributed by atoms with Crippen LogP contribution in [-0.2, 0) is 14.8 Å². The van der Waals surface area contributed by atoms with Crippen molar-refractivity contribution in [1.29, 1.82) is 0 Å². The molecule has 11 heteroatoms. The molecule has 1 N–H and O–H groups in total. The van der Waals surface area contributed by atoms with Crippen LogP contribution in [-0.4, -0.2) is 67.8 Å². The van der Waals surface area contributed by atoms with Crippen LogP contribution in [0.5, 0.6) is 5.75 Å². The fourth-order valence-corrected chi connectivity index (χ4v) is 5.90. The molecule has 0 unspecified atom stereocenters. The van der Waals surface area contributed by atoms with Crippen LogP contribution in [0.3, 0.4) is 0 Å².